The molecular weight excluding hydrogens is 366 g/mol. The Morgan fingerprint density at radius 2 is 2.15 bits per heavy atom. The summed E-state index contributed by atoms with van der Waals surface area (Å²) in [6.45, 7) is 1.78. The maximum Gasteiger partial charge on any atom is 0.271 e. The number of carbonyl (C=O) groups is 1. The van der Waals surface area contributed by atoms with E-state index >= 15 is 0 Å². The number of carbonyl (C=O) groups excluding carboxylic acids is 1. The first kappa shape index (κ1) is 17.2. The normalized spacial score (nSPS) is 15.3. The minimum atomic E-state index is -0.152. The number of amides is 1. The van der Waals surface area contributed by atoms with Gasteiger partial charge < -0.3 is 10.2 Å². The first-order valence-corrected chi connectivity index (χ1v) is 10.5. The molecule has 3 aromatic rings. The van der Waals surface area contributed by atoms with Gasteiger partial charge in [0.25, 0.3) is 5.91 Å². The second kappa shape index (κ2) is 7.59. The van der Waals surface area contributed by atoms with E-state index < -0.39 is 0 Å². The number of benzene rings is 1. The molecule has 4 rings (SSSR count). The van der Waals surface area contributed by atoms with Crippen molar-refractivity contribution in [2.75, 3.05) is 24.2 Å². The molecule has 6 nitrogen and oxygen atoms in total. The predicted octanol–water partition coefficient (Wildman–Crippen LogP) is 3.21. The zero-order valence-corrected chi connectivity index (χ0v) is 16.0. The monoisotopic (exact) mass is 385 g/mol. The van der Waals surface area contributed by atoms with Gasteiger partial charge in [-0.1, -0.05) is 11.3 Å². The van der Waals surface area contributed by atoms with Crippen LogP contribution in [0.4, 0.5) is 5.13 Å². The number of anilines is 1. The smallest absolute Gasteiger partial charge is 0.271 e. The van der Waals surface area contributed by atoms with Gasteiger partial charge in [-0.3, -0.25) is 9.78 Å². The molecule has 1 aliphatic heterocycles. The van der Waals surface area contributed by atoms with E-state index in [1.165, 1.54) is 22.0 Å². The number of hydrogen-bond acceptors (Lipinski definition) is 7. The summed E-state index contributed by atoms with van der Waals surface area (Å²) >= 11 is 3.49. The van der Waals surface area contributed by atoms with Gasteiger partial charge in [0.1, 0.15) is 5.69 Å². The van der Waals surface area contributed by atoms with Crippen molar-refractivity contribution in [1.29, 1.82) is 0 Å². The Balaban J connectivity index is 1.38. The number of thioether (sulfide) groups is 1. The van der Waals surface area contributed by atoms with Crippen LogP contribution in [0.15, 0.2) is 41.7 Å². The van der Waals surface area contributed by atoms with E-state index in [2.05, 4.69) is 44.6 Å². The Bertz CT molecular complexity index is 906. The number of thiazole rings is 1. The largest absolute Gasteiger partial charge is 0.348 e. The van der Waals surface area contributed by atoms with Crippen molar-refractivity contribution in [3.63, 3.8) is 0 Å². The summed E-state index contributed by atoms with van der Waals surface area (Å²) in [7, 11) is 0. The lowest BCUT2D eigenvalue weighted by atomic mass is 10.1. The van der Waals surface area contributed by atoms with Gasteiger partial charge in [0.15, 0.2) is 5.13 Å². The molecule has 0 spiro atoms. The minimum absolute atomic E-state index is 0.152. The highest BCUT2D eigenvalue weighted by molar-refractivity contribution is 7.98. The number of fused-ring (bicyclic) bond motifs is 1. The van der Waals surface area contributed by atoms with E-state index in [9.17, 15) is 4.79 Å². The van der Waals surface area contributed by atoms with Crippen LogP contribution in [0.3, 0.4) is 0 Å². The molecule has 0 atom stereocenters. The van der Waals surface area contributed by atoms with E-state index in [4.69, 9.17) is 4.98 Å². The van der Waals surface area contributed by atoms with Gasteiger partial charge in [0.05, 0.1) is 16.4 Å². The van der Waals surface area contributed by atoms with Crippen LogP contribution >= 0.6 is 23.1 Å². The van der Waals surface area contributed by atoms with Crippen molar-refractivity contribution in [3.05, 3.63) is 42.5 Å². The Hall–Kier alpha value is -2.19. The first-order chi connectivity index (χ1) is 12.7. The average molecular weight is 386 g/mol. The fourth-order valence-corrected chi connectivity index (χ4v) is 4.62. The van der Waals surface area contributed by atoms with Crippen LogP contribution in [0, 0.1) is 0 Å². The zero-order valence-electron chi connectivity index (χ0n) is 14.4. The third-order valence-corrected chi connectivity index (χ3v) is 6.29. The number of nitrogens with one attached hydrogen (secondary N) is 1. The number of rotatable bonds is 4. The van der Waals surface area contributed by atoms with Crippen molar-refractivity contribution < 1.29 is 4.79 Å². The molecule has 0 aliphatic carbocycles. The lowest BCUT2D eigenvalue weighted by molar-refractivity contribution is 0.0925. The van der Waals surface area contributed by atoms with Gasteiger partial charge in [-0.25, -0.2) is 9.97 Å². The van der Waals surface area contributed by atoms with Gasteiger partial charge in [0.2, 0.25) is 0 Å². The van der Waals surface area contributed by atoms with Crippen LogP contribution in [-0.2, 0) is 0 Å². The van der Waals surface area contributed by atoms with Crippen LogP contribution < -0.4 is 10.2 Å². The van der Waals surface area contributed by atoms with Crippen LogP contribution in [-0.4, -0.2) is 46.2 Å². The third-order valence-electron chi connectivity index (χ3n) is 4.48. The summed E-state index contributed by atoms with van der Waals surface area (Å²) < 4.78 is 1.23. The predicted molar refractivity (Wildman–Crippen MR) is 106 cm³/mol. The van der Waals surface area contributed by atoms with E-state index in [1.807, 2.05) is 0 Å². The fourth-order valence-electron chi connectivity index (χ4n) is 3.05. The van der Waals surface area contributed by atoms with Gasteiger partial charge >= 0.3 is 0 Å². The molecule has 3 heterocycles. The summed E-state index contributed by atoms with van der Waals surface area (Å²) in [6.07, 6.45) is 8.48. The van der Waals surface area contributed by atoms with Crippen LogP contribution in [0.25, 0.3) is 10.2 Å². The molecule has 1 N–H and O–H groups in total. The topological polar surface area (TPSA) is 71.0 Å². The lowest BCUT2D eigenvalue weighted by Crippen LogP contribution is -2.44. The quantitative estimate of drug-likeness (QED) is 0.696. The number of piperidine rings is 1. The molecule has 1 saturated heterocycles. The molecule has 0 radical (unpaired) electrons. The first-order valence-electron chi connectivity index (χ1n) is 8.49. The minimum Gasteiger partial charge on any atom is -0.348 e. The highest BCUT2D eigenvalue weighted by atomic mass is 32.2. The third kappa shape index (κ3) is 3.66. The zero-order chi connectivity index (χ0) is 17.9. The molecule has 0 unspecified atom stereocenters. The van der Waals surface area contributed by atoms with E-state index in [-0.39, 0.29) is 11.9 Å². The van der Waals surface area contributed by atoms with Crippen LogP contribution in [0.1, 0.15) is 23.3 Å². The molecule has 1 amide bonds. The number of aromatic nitrogens is 3. The molecule has 26 heavy (non-hydrogen) atoms. The van der Waals surface area contributed by atoms with Gasteiger partial charge in [-0.05, 0) is 37.3 Å². The summed E-state index contributed by atoms with van der Waals surface area (Å²) in [5.41, 5.74) is 1.42. The van der Waals surface area contributed by atoms with Crippen LogP contribution in [0.2, 0.25) is 0 Å². The van der Waals surface area contributed by atoms with Gasteiger partial charge in [-0.15, -0.1) is 11.8 Å². The number of nitrogens with zero attached hydrogens (tertiary/aromatic N) is 4. The Labute approximate surface area is 160 Å². The molecule has 8 heteroatoms. The Kier molecular flexibility index (Phi) is 5.03. The molecule has 0 bridgehead atoms. The number of hydrogen-bond donors (Lipinski definition) is 1. The molecular formula is C18H19N5OS2. The molecule has 134 valence electrons. The molecule has 1 aromatic carbocycles. The van der Waals surface area contributed by atoms with Crippen molar-refractivity contribution in [3.8, 4) is 0 Å². The lowest BCUT2D eigenvalue weighted by Gasteiger charge is -2.32. The van der Waals surface area contributed by atoms with E-state index in [0.29, 0.717) is 5.69 Å². The van der Waals surface area contributed by atoms with E-state index in [0.717, 1.165) is 36.6 Å². The summed E-state index contributed by atoms with van der Waals surface area (Å²) in [6, 6.07) is 6.58. The fraction of sp³-hybridized carbons (Fsp3) is 0.333. The molecule has 2 aromatic heterocycles. The van der Waals surface area contributed by atoms with Gasteiger partial charge in [0, 0.05) is 36.4 Å². The highest BCUT2D eigenvalue weighted by Gasteiger charge is 2.23. The SMILES string of the molecule is CSc1ccc2nc(N3CCC(NC(=O)c4cnccn4)CC3)sc2c1. The van der Waals surface area contributed by atoms with Crippen molar-refractivity contribution in [1.82, 2.24) is 20.3 Å². The summed E-state index contributed by atoms with van der Waals surface area (Å²) in [5, 5.41) is 4.13. The van der Waals surface area contributed by atoms with Gasteiger partial charge in [-0.2, -0.15) is 0 Å². The highest BCUT2D eigenvalue weighted by Crippen LogP contribution is 2.32. The summed E-state index contributed by atoms with van der Waals surface area (Å²) in [4.78, 5) is 28.5. The standard InChI is InChI=1S/C18H19N5OS2/c1-25-13-2-3-14-16(10-13)26-18(22-14)23-8-4-12(5-9-23)21-17(24)15-11-19-6-7-20-15/h2-3,6-7,10-12H,4-5,8-9H2,1H3,(H,21,24). The van der Waals surface area contributed by atoms with Crippen molar-refractivity contribution in [2.45, 2.75) is 23.8 Å². The maximum atomic E-state index is 12.2. The molecule has 1 fully saturated rings. The van der Waals surface area contributed by atoms with Crippen molar-refractivity contribution >= 4 is 44.4 Å². The summed E-state index contributed by atoms with van der Waals surface area (Å²) in [5.74, 6) is -0.152. The Morgan fingerprint density at radius 1 is 1.31 bits per heavy atom. The van der Waals surface area contributed by atoms with E-state index in [1.54, 1.807) is 29.3 Å². The molecule has 1 aliphatic rings. The Morgan fingerprint density at radius 3 is 2.88 bits per heavy atom. The second-order valence-electron chi connectivity index (χ2n) is 6.16. The van der Waals surface area contributed by atoms with Crippen LogP contribution in [0.5, 0.6) is 0 Å². The maximum absolute atomic E-state index is 12.2. The second-order valence-corrected chi connectivity index (χ2v) is 8.04. The van der Waals surface area contributed by atoms with Crippen molar-refractivity contribution in [2.24, 2.45) is 0 Å². The average Bonchev–Trinajstić information content (AvgIpc) is 3.12. The molecule has 0 saturated carbocycles.